The number of hydrogen-bond donors (Lipinski definition) is 0. The number of benzene rings is 2. The van der Waals surface area contributed by atoms with E-state index >= 15 is 0 Å². The molecule has 0 N–H and O–H groups in total. The zero-order valence-corrected chi connectivity index (χ0v) is 25.5. The minimum Gasteiger partial charge on any atom is -0.457 e. The lowest BCUT2D eigenvalue weighted by Crippen LogP contribution is -2.60. The fraction of sp³-hybridized carbons (Fsp3) is 0.375. The van der Waals surface area contributed by atoms with Crippen LogP contribution >= 0.6 is 0 Å². The molecule has 4 atom stereocenters. The second-order valence-electron chi connectivity index (χ2n) is 11.4. The van der Waals surface area contributed by atoms with Crippen molar-refractivity contribution in [1.82, 2.24) is 19.6 Å². The molecule has 5 heterocycles. The average molecular weight is 631 g/mol. The second-order valence-corrected chi connectivity index (χ2v) is 11.4. The van der Waals surface area contributed by atoms with Crippen molar-refractivity contribution in [3.8, 4) is 0 Å². The molecule has 14 nitrogen and oxygen atoms in total. The van der Waals surface area contributed by atoms with Gasteiger partial charge in [0.15, 0.2) is 0 Å². The SMILES string of the molecule is CC.CN1C(=O)c2ccc(C(=O)OC3CC4C(=O)N5CC(OC(=O)c6ccc7c(c6)C(=O)N(C)C7=O)CC5C(=O)N4C3)cc2C1=O. The van der Waals surface area contributed by atoms with E-state index in [4.69, 9.17) is 9.47 Å². The number of amides is 6. The van der Waals surface area contributed by atoms with E-state index in [0.29, 0.717) is 0 Å². The number of imide groups is 2. The normalized spacial score (nSPS) is 24.4. The zero-order chi connectivity index (χ0) is 33.2. The smallest absolute Gasteiger partial charge is 0.338 e. The summed E-state index contributed by atoms with van der Waals surface area (Å²) in [4.78, 5) is 106. The van der Waals surface area contributed by atoms with Crippen LogP contribution in [0.25, 0.3) is 0 Å². The molecule has 2 aromatic carbocycles. The van der Waals surface area contributed by atoms with Gasteiger partial charge in [0.25, 0.3) is 23.6 Å². The molecule has 14 heteroatoms. The minimum atomic E-state index is -0.851. The predicted octanol–water partition coefficient (Wildman–Crippen LogP) is 1.13. The van der Waals surface area contributed by atoms with Crippen molar-refractivity contribution in [2.24, 2.45) is 0 Å². The van der Waals surface area contributed by atoms with Gasteiger partial charge >= 0.3 is 11.9 Å². The zero-order valence-electron chi connectivity index (χ0n) is 25.5. The highest BCUT2D eigenvalue weighted by atomic mass is 16.5. The summed E-state index contributed by atoms with van der Waals surface area (Å²) in [5, 5.41) is 0. The first-order chi connectivity index (χ1) is 21.9. The number of ether oxygens (including phenoxy) is 2. The van der Waals surface area contributed by atoms with Crippen LogP contribution in [0.1, 0.15) is 88.8 Å². The first-order valence-corrected chi connectivity index (χ1v) is 14.9. The number of hydrogen-bond acceptors (Lipinski definition) is 10. The topological polar surface area (TPSA) is 168 Å². The fourth-order valence-corrected chi connectivity index (χ4v) is 6.52. The van der Waals surface area contributed by atoms with Gasteiger partial charge in [0.05, 0.1) is 46.5 Å². The highest BCUT2D eigenvalue weighted by Crippen LogP contribution is 2.35. The number of carbonyl (C=O) groups excluding carboxylic acids is 8. The van der Waals surface area contributed by atoms with Crippen LogP contribution < -0.4 is 0 Å². The molecule has 0 radical (unpaired) electrons. The summed E-state index contributed by atoms with van der Waals surface area (Å²) in [5.41, 5.74) is 0.728. The molecule has 0 bridgehead atoms. The molecule has 46 heavy (non-hydrogen) atoms. The lowest BCUT2D eigenvalue weighted by atomic mass is 10.1. The first-order valence-electron chi connectivity index (χ1n) is 14.9. The molecule has 0 spiro atoms. The van der Waals surface area contributed by atoms with Gasteiger partial charge in [0.2, 0.25) is 11.8 Å². The van der Waals surface area contributed by atoms with Crippen LogP contribution in [-0.4, -0.2) is 118 Å². The van der Waals surface area contributed by atoms with E-state index in [1.54, 1.807) is 0 Å². The summed E-state index contributed by atoms with van der Waals surface area (Å²) < 4.78 is 11.2. The number of carbonyl (C=O) groups is 8. The third-order valence-corrected chi connectivity index (χ3v) is 8.86. The molecule has 3 fully saturated rings. The molecule has 0 aliphatic carbocycles. The van der Waals surface area contributed by atoms with Gasteiger partial charge in [-0.2, -0.15) is 0 Å². The number of fused-ring (bicyclic) bond motifs is 4. The summed E-state index contributed by atoms with van der Waals surface area (Å²) in [5.74, 6) is -4.15. The largest absolute Gasteiger partial charge is 0.457 e. The third kappa shape index (κ3) is 4.63. The third-order valence-electron chi connectivity index (χ3n) is 8.86. The van der Waals surface area contributed by atoms with Crippen molar-refractivity contribution in [3.63, 3.8) is 0 Å². The number of esters is 2. The van der Waals surface area contributed by atoms with Crippen molar-refractivity contribution < 1.29 is 47.8 Å². The fourth-order valence-electron chi connectivity index (χ4n) is 6.52. The van der Waals surface area contributed by atoms with Crippen molar-refractivity contribution in [2.45, 2.75) is 51.0 Å². The van der Waals surface area contributed by atoms with Crippen LogP contribution in [0.4, 0.5) is 0 Å². The quantitative estimate of drug-likeness (QED) is 0.353. The summed E-state index contributed by atoms with van der Waals surface area (Å²) in [6, 6.07) is 6.46. The predicted molar refractivity (Wildman–Crippen MR) is 156 cm³/mol. The molecule has 7 rings (SSSR count). The molecule has 0 saturated carbocycles. The Morgan fingerprint density at radius 3 is 1.30 bits per heavy atom. The first kappa shape index (κ1) is 30.6. The van der Waals surface area contributed by atoms with Crippen LogP contribution in [0.2, 0.25) is 0 Å². The Kier molecular flexibility index (Phi) is 7.45. The Morgan fingerprint density at radius 1 is 0.587 bits per heavy atom. The molecule has 2 aromatic rings. The highest BCUT2D eigenvalue weighted by Gasteiger charge is 2.55. The van der Waals surface area contributed by atoms with Gasteiger partial charge in [-0.05, 0) is 36.4 Å². The Hall–Kier alpha value is -5.40. The maximum absolute atomic E-state index is 13.4. The number of nitrogens with zero attached hydrogens (tertiary/aromatic N) is 4. The van der Waals surface area contributed by atoms with E-state index in [-0.39, 0.29) is 71.1 Å². The maximum Gasteiger partial charge on any atom is 0.338 e. The van der Waals surface area contributed by atoms with Gasteiger partial charge in [-0.25, -0.2) is 9.59 Å². The average Bonchev–Trinajstić information content (AvgIpc) is 3.79. The molecular formula is C32H30N4O10. The molecule has 6 amide bonds. The Balaban J connectivity index is 0.00000182. The van der Waals surface area contributed by atoms with Crippen LogP contribution in [0.15, 0.2) is 36.4 Å². The van der Waals surface area contributed by atoms with Gasteiger partial charge in [0, 0.05) is 26.9 Å². The highest BCUT2D eigenvalue weighted by molar-refractivity contribution is 6.22. The standard InChI is InChI=1S/C30H24N4O10.C2H6/c1-31-23(35)17-5-3-13(7-19(17)25(31)37)29(41)43-15-9-21-27(39)34-12-16(10-22(34)28(40)33(21)11-15)44-30(42)14-4-6-18-20(8-14)26(38)32(2)24(18)36;1-2/h3-8,15-16,21-22H,9-12H2,1-2H3;1-2H3. The van der Waals surface area contributed by atoms with Gasteiger partial charge in [0.1, 0.15) is 24.3 Å². The van der Waals surface area contributed by atoms with Crippen molar-refractivity contribution in [3.05, 3.63) is 69.8 Å². The van der Waals surface area contributed by atoms with E-state index in [1.165, 1.54) is 60.3 Å². The molecule has 4 unspecified atom stereocenters. The Bertz CT molecular complexity index is 1610. The summed E-state index contributed by atoms with van der Waals surface area (Å²) in [7, 11) is 2.70. The molecular weight excluding hydrogens is 600 g/mol. The minimum absolute atomic E-state index is 0.00279. The van der Waals surface area contributed by atoms with Gasteiger partial charge in [-0.3, -0.25) is 38.6 Å². The van der Waals surface area contributed by atoms with Crippen LogP contribution in [0.5, 0.6) is 0 Å². The van der Waals surface area contributed by atoms with Crippen molar-refractivity contribution in [1.29, 1.82) is 0 Å². The van der Waals surface area contributed by atoms with Crippen molar-refractivity contribution in [2.75, 3.05) is 27.2 Å². The van der Waals surface area contributed by atoms with Gasteiger partial charge in [-0.1, -0.05) is 13.8 Å². The van der Waals surface area contributed by atoms with Crippen LogP contribution in [0.3, 0.4) is 0 Å². The van der Waals surface area contributed by atoms with Gasteiger partial charge < -0.3 is 19.3 Å². The molecule has 5 aliphatic rings. The van der Waals surface area contributed by atoms with E-state index in [0.717, 1.165) is 9.80 Å². The van der Waals surface area contributed by atoms with E-state index in [2.05, 4.69) is 0 Å². The van der Waals surface area contributed by atoms with E-state index in [1.807, 2.05) is 13.8 Å². The van der Waals surface area contributed by atoms with Crippen molar-refractivity contribution >= 4 is 47.4 Å². The van der Waals surface area contributed by atoms with E-state index < -0.39 is 59.9 Å². The summed E-state index contributed by atoms with van der Waals surface area (Å²) in [6.45, 7) is 3.99. The Labute approximate surface area is 262 Å². The second kappa shape index (κ2) is 11.2. The van der Waals surface area contributed by atoms with E-state index in [9.17, 15) is 38.4 Å². The summed E-state index contributed by atoms with van der Waals surface area (Å²) >= 11 is 0. The van der Waals surface area contributed by atoms with Gasteiger partial charge in [-0.15, -0.1) is 0 Å². The molecule has 238 valence electrons. The number of piperazine rings is 1. The lowest BCUT2D eigenvalue weighted by molar-refractivity contribution is -0.157. The summed E-state index contributed by atoms with van der Waals surface area (Å²) in [6.07, 6.45) is -1.39. The molecule has 3 saturated heterocycles. The molecule has 0 aromatic heterocycles. The monoisotopic (exact) mass is 630 g/mol. The number of rotatable bonds is 4. The lowest BCUT2D eigenvalue weighted by Gasteiger charge is -2.38. The van der Waals surface area contributed by atoms with Crippen LogP contribution in [0, 0.1) is 0 Å². The Morgan fingerprint density at radius 2 is 0.935 bits per heavy atom. The molecule has 5 aliphatic heterocycles. The van der Waals surface area contributed by atoms with Crippen LogP contribution in [-0.2, 0) is 19.1 Å². The maximum atomic E-state index is 13.4.